The van der Waals surface area contributed by atoms with E-state index < -0.39 is 0 Å². The van der Waals surface area contributed by atoms with Gasteiger partial charge in [-0.2, -0.15) is 0 Å². The molecule has 4 rings (SSSR count). The first-order valence-electron chi connectivity index (χ1n) is 20.2. The van der Waals surface area contributed by atoms with Crippen molar-refractivity contribution < 1.29 is 61.6 Å². The Morgan fingerprint density at radius 1 is 0.237 bits per heavy atom. The Kier molecular flexibility index (Phi) is 26.8. The molecule has 13 nitrogen and oxygen atoms in total. The van der Waals surface area contributed by atoms with Crippen LogP contribution in [-0.2, 0) is 42.6 Å². The molecular formula is C44H60Cl2O13. The van der Waals surface area contributed by atoms with E-state index in [9.17, 15) is 0 Å². The lowest BCUT2D eigenvalue weighted by atomic mass is 10.1. The third-order valence-electron chi connectivity index (χ3n) is 8.23. The van der Waals surface area contributed by atoms with E-state index in [1.807, 2.05) is 72.8 Å². The first-order chi connectivity index (χ1) is 29.2. The van der Waals surface area contributed by atoms with Crippen LogP contribution < -0.4 is 18.9 Å². The second-order valence-corrected chi connectivity index (χ2v) is 13.4. The summed E-state index contributed by atoms with van der Waals surface area (Å²) in [5.74, 6) is 4.05. The highest BCUT2D eigenvalue weighted by atomic mass is 35.5. The smallest absolute Gasteiger partial charge is 0.120 e. The van der Waals surface area contributed by atoms with Crippen LogP contribution in [0.3, 0.4) is 0 Å². The van der Waals surface area contributed by atoms with Crippen molar-refractivity contribution in [3.63, 3.8) is 0 Å². The van der Waals surface area contributed by atoms with Gasteiger partial charge in [0.25, 0.3) is 0 Å². The SMILES string of the molecule is ClCCOCCOCCOCCOc1ccc2ccc(OCCOCCOCCOCCOc3ccc4ccc(OCCOCCOCCOCCCl)cc4c3)cc2c1. The molecular weight excluding hydrogens is 807 g/mol. The van der Waals surface area contributed by atoms with Gasteiger partial charge in [-0.05, 0) is 70.1 Å². The molecule has 0 spiro atoms. The van der Waals surface area contributed by atoms with Gasteiger partial charge in [0.2, 0.25) is 0 Å². The highest BCUT2D eigenvalue weighted by molar-refractivity contribution is 6.18. The molecule has 0 atom stereocenters. The molecule has 0 aliphatic carbocycles. The molecule has 59 heavy (non-hydrogen) atoms. The minimum absolute atomic E-state index is 0.429. The average Bonchev–Trinajstić information content (AvgIpc) is 3.26. The molecule has 0 amide bonds. The molecule has 0 fully saturated rings. The van der Waals surface area contributed by atoms with Gasteiger partial charge in [-0.15, -0.1) is 23.2 Å². The van der Waals surface area contributed by atoms with Gasteiger partial charge in [-0.25, -0.2) is 0 Å². The lowest BCUT2D eigenvalue weighted by Crippen LogP contribution is -2.14. The fraction of sp³-hybridized carbons (Fsp3) is 0.545. The van der Waals surface area contributed by atoms with Gasteiger partial charge in [0.15, 0.2) is 0 Å². The third kappa shape index (κ3) is 22.3. The topological polar surface area (TPSA) is 120 Å². The molecule has 328 valence electrons. The molecule has 0 aromatic heterocycles. The Hall–Kier alpha value is -3.18. The summed E-state index contributed by atoms with van der Waals surface area (Å²) in [4.78, 5) is 0. The summed E-state index contributed by atoms with van der Waals surface area (Å²) in [6.07, 6.45) is 0. The maximum absolute atomic E-state index is 5.91. The number of hydrogen-bond acceptors (Lipinski definition) is 13. The van der Waals surface area contributed by atoms with E-state index in [4.69, 9.17) is 84.8 Å². The van der Waals surface area contributed by atoms with Crippen LogP contribution in [0.5, 0.6) is 23.0 Å². The van der Waals surface area contributed by atoms with Crippen LogP contribution >= 0.6 is 23.2 Å². The second-order valence-electron chi connectivity index (χ2n) is 12.6. The summed E-state index contributed by atoms with van der Waals surface area (Å²) >= 11 is 11.1. The van der Waals surface area contributed by atoms with Gasteiger partial charge in [0.1, 0.15) is 49.4 Å². The largest absolute Gasteiger partial charge is 0.491 e. The van der Waals surface area contributed by atoms with Crippen molar-refractivity contribution in [3.8, 4) is 23.0 Å². The van der Waals surface area contributed by atoms with Gasteiger partial charge in [-0.3, -0.25) is 0 Å². The highest BCUT2D eigenvalue weighted by Crippen LogP contribution is 2.26. The lowest BCUT2D eigenvalue weighted by Gasteiger charge is -2.11. The van der Waals surface area contributed by atoms with Gasteiger partial charge in [0, 0.05) is 11.8 Å². The number of alkyl halides is 2. The maximum Gasteiger partial charge on any atom is 0.120 e. The van der Waals surface area contributed by atoms with Crippen molar-refractivity contribution in [2.75, 3.05) is 157 Å². The molecule has 0 bridgehead atoms. The molecule has 0 aliphatic heterocycles. The predicted octanol–water partition coefficient (Wildman–Crippen LogP) is 6.84. The van der Waals surface area contributed by atoms with E-state index >= 15 is 0 Å². The molecule has 15 heteroatoms. The number of benzene rings is 4. The maximum atomic E-state index is 5.91. The number of ether oxygens (including phenoxy) is 13. The highest BCUT2D eigenvalue weighted by Gasteiger charge is 2.04. The third-order valence-corrected chi connectivity index (χ3v) is 8.54. The van der Waals surface area contributed by atoms with E-state index in [-0.39, 0.29) is 0 Å². The fourth-order valence-electron chi connectivity index (χ4n) is 5.37. The molecule has 4 aromatic rings. The van der Waals surface area contributed by atoms with Crippen molar-refractivity contribution in [2.24, 2.45) is 0 Å². The summed E-state index contributed by atoms with van der Waals surface area (Å²) in [6, 6.07) is 23.9. The number of fused-ring (bicyclic) bond motifs is 2. The van der Waals surface area contributed by atoms with Crippen LogP contribution in [-0.4, -0.2) is 157 Å². The molecule has 0 radical (unpaired) electrons. The van der Waals surface area contributed by atoms with Crippen LogP contribution in [0.1, 0.15) is 0 Å². The molecule has 0 N–H and O–H groups in total. The van der Waals surface area contributed by atoms with Crippen molar-refractivity contribution in [1.82, 2.24) is 0 Å². The zero-order valence-corrected chi connectivity index (χ0v) is 35.5. The van der Waals surface area contributed by atoms with Gasteiger partial charge < -0.3 is 61.6 Å². The number of hydrogen-bond donors (Lipinski definition) is 0. The minimum Gasteiger partial charge on any atom is -0.491 e. The van der Waals surface area contributed by atoms with E-state index in [1.54, 1.807) is 0 Å². The Morgan fingerprint density at radius 3 is 0.661 bits per heavy atom. The predicted molar refractivity (Wildman–Crippen MR) is 229 cm³/mol. The Labute approximate surface area is 358 Å². The normalized spacial score (nSPS) is 11.4. The van der Waals surface area contributed by atoms with Gasteiger partial charge in [0.05, 0.1) is 119 Å². The van der Waals surface area contributed by atoms with Gasteiger partial charge >= 0.3 is 0 Å². The van der Waals surface area contributed by atoms with E-state index in [0.717, 1.165) is 44.5 Å². The Morgan fingerprint density at radius 2 is 0.441 bits per heavy atom. The zero-order chi connectivity index (χ0) is 41.3. The molecule has 0 unspecified atom stereocenters. The van der Waals surface area contributed by atoms with Crippen molar-refractivity contribution in [1.29, 1.82) is 0 Å². The molecule has 0 heterocycles. The Balaban J connectivity index is 0.953. The average molecular weight is 868 g/mol. The number of halogens is 2. The summed E-state index contributed by atoms with van der Waals surface area (Å²) in [5, 5.41) is 4.26. The standard InChI is InChI=1S/C44H60Cl2O13/c45-9-11-47-13-15-49-17-21-52-25-29-56-41-5-1-37-3-7-43(35-39(37)33-41)58-31-27-54-23-19-51-20-24-55-28-32-59-44-8-4-38-2-6-42(34-40(38)36-44)57-30-26-53-22-18-50-16-14-48-12-10-46/h1-8,33-36H,9-32H2. The number of rotatable bonds is 38. The monoisotopic (exact) mass is 866 g/mol. The van der Waals surface area contributed by atoms with Crippen LogP contribution in [0.25, 0.3) is 21.5 Å². The second kappa shape index (κ2) is 32.6. The molecule has 4 aromatic carbocycles. The van der Waals surface area contributed by atoms with Crippen LogP contribution in [0, 0.1) is 0 Å². The van der Waals surface area contributed by atoms with Crippen molar-refractivity contribution >= 4 is 44.7 Å². The van der Waals surface area contributed by atoms with E-state index in [1.165, 1.54) is 0 Å². The summed E-state index contributed by atoms with van der Waals surface area (Å²) in [7, 11) is 0. The fourth-order valence-corrected chi connectivity index (χ4v) is 5.59. The quantitative estimate of drug-likeness (QED) is 0.0346. The molecule has 0 saturated heterocycles. The van der Waals surface area contributed by atoms with Crippen LogP contribution in [0.2, 0.25) is 0 Å². The first-order valence-corrected chi connectivity index (χ1v) is 21.2. The van der Waals surface area contributed by atoms with Crippen LogP contribution in [0.15, 0.2) is 72.8 Å². The lowest BCUT2D eigenvalue weighted by molar-refractivity contribution is 0.00500. The van der Waals surface area contributed by atoms with Crippen molar-refractivity contribution in [3.05, 3.63) is 72.8 Å². The Bertz CT molecular complexity index is 1530. The van der Waals surface area contributed by atoms with Gasteiger partial charge in [-0.1, -0.05) is 24.3 Å². The first kappa shape index (κ1) is 48.5. The van der Waals surface area contributed by atoms with E-state index in [2.05, 4.69) is 0 Å². The zero-order valence-electron chi connectivity index (χ0n) is 34.0. The summed E-state index contributed by atoms with van der Waals surface area (Å²) in [5.41, 5.74) is 0. The van der Waals surface area contributed by atoms with E-state index in [0.29, 0.717) is 157 Å². The van der Waals surface area contributed by atoms with Crippen molar-refractivity contribution in [2.45, 2.75) is 0 Å². The minimum atomic E-state index is 0.429. The summed E-state index contributed by atoms with van der Waals surface area (Å²) in [6.45, 7) is 10.7. The molecule has 0 aliphatic rings. The summed E-state index contributed by atoms with van der Waals surface area (Å²) < 4.78 is 73.0. The van der Waals surface area contributed by atoms with Crippen LogP contribution in [0.4, 0.5) is 0 Å². The molecule has 0 saturated carbocycles.